The van der Waals surface area contributed by atoms with Gasteiger partial charge in [0.05, 0.1) is 11.3 Å². The second-order valence-corrected chi connectivity index (χ2v) is 9.47. The maximum absolute atomic E-state index is 13.1. The minimum atomic E-state index is -0.121. The third kappa shape index (κ3) is 3.86. The van der Waals surface area contributed by atoms with Crippen LogP contribution in [0, 0.1) is 0 Å². The van der Waals surface area contributed by atoms with Crippen LogP contribution in [0.4, 0.5) is 5.69 Å². The van der Waals surface area contributed by atoms with Crippen LogP contribution in [0.5, 0.6) is 0 Å². The van der Waals surface area contributed by atoms with E-state index in [9.17, 15) is 9.59 Å². The first kappa shape index (κ1) is 19.6. The first-order valence-electron chi connectivity index (χ1n) is 10.9. The molecule has 3 aliphatic heterocycles. The Balaban J connectivity index is 1.28. The van der Waals surface area contributed by atoms with Crippen molar-refractivity contribution in [3.8, 4) is 0 Å². The molecule has 0 bridgehead atoms. The smallest absolute Gasteiger partial charge is 0.256 e. The quantitative estimate of drug-likeness (QED) is 0.776. The molecule has 0 aliphatic carbocycles. The number of nitrogens with zero attached hydrogens (tertiary/aromatic N) is 2. The third-order valence-corrected chi connectivity index (χ3v) is 7.64. The number of hydrogen-bond donors (Lipinski definition) is 1. The second-order valence-electron chi connectivity index (χ2n) is 8.38. The second kappa shape index (κ2) is 8.44. The van der Waals surface area contributed by atoms with Gasteiger partial charge in [-0.2, -0.15) is 0 Å². The number of anilines is 1. The zero-order valence-electron chi connectivity index (χ0n) is 17.1. The molecule has 1 N–H and O–H groups in total. The molecule has 5 rings (SSSR count). The molecule has 2 saturated heterocycles. The Hall–Kier alpha value is -2.31. The van der Waals surface area contributed by atoms with Crippen LogP contribution in [0.3, 0.4) is 0 Å². The van der Waals surface area contributed by atoms with E-state index in [2.05, 4.69) is 10.2 Å². The lowest BCUT2D eigenvalue weighted by Crippen LogP contribution is -2.48. The first-order valence-corrected chi connectivity index (χ1v) is 11.8. The van der Waals surface area contributed by atoms with Crippen LogP contribution >= 0.6 is 11.8 Å². The summed E-state index contributed by atoms with van der Waals surface area (Å²) in [7, 11) is 0. The average molecular weight is 422 g/mol. The van der Waals surface area contributed by atoms with Gasteiger partial charge in [-0.15, -0.1) is 0 Å². The molecule has 0 radical (unpaired) electrons. The molecular weight excluding hydrogens is 394 g/mol. The van der Waals surface area contributed by atoms with Gasteiger partial charge in [0.15, 0.2) is 0 Å². The van der Waals surface area contributed by atoms with Gasteiger partial charge in [0, 0.05) is 34.5 Å². The van der Waals surface area contributed by atoms with Crippen molar-refractivity contribution in [2.75, 3.05) is 31.5 Å². The summed E-state index contributed by atoms with van der Waals surface area (Å²) < 4.78 is 0. The predicted octanol–water partition coefficient (Wildman–Crippen LogP) is 4.49. The van der Waals surface area contributed by atoms with Crippen LogP contribution < -0.4 is 5.32 Å². The van der Waals surface area contributed by atoms with E-state index in [0.29, 0.717) is 17.2 Å². The Labute approximate surface area is 181 Å². The molecule has 2 fully saturated rings. The maximum Gasteiger partial charge on any atom is 0.256 e. The minimum Gasteiger partial charge on any atom is -0.339 e. The fraction of sp³-hybridized carbons (Fsp3) is 0.417. The highest BCUT2D eigenvalue weighted by molar-refractivity contribution is 7.99. The van der Waals surface area contributed by atoms with Crippen LogP contribution in [-0.2, 0) is 0 Å². The number of benzene rings is 2. The number of piperidine rings is 2. The van der Waals surface area contributed by atoms with Crippen molar-refractivity contribution < 1.29 is 9.59 Å². The van der Waals surface area contributed by atoms with Crippen molar-refractivity contribution in [2.45, 2.75) is 47.9 Å². The summed E-state index contributed by atoms with van der Waals surface area (Å²) in [5, 5.41) is 2.99. The molecule has 2 aromatic rings. The molecule has 30 heavy (non-hydrogen) atoms. The van der Waals surface area contributed by atoms with Gasteiger partial charge in [-0.05, 0) is 69.1 Å². The molecule has 156 valence electrons. The molecule has 3 heterocycles. The minimum absolute atomic E-state index is 0.0657. The van der Waals surface area contributed by atoms with Gasteiger partial charge in [-0.1, -0.05) is 30.3 Å². The maximum atomic E-state index is 13.1. The number of carbonyl (C=O) groups excluding carboxylic acids is 2. The van der Waals surface area contributed by atoms with Crippen molar-refractivity contribution in [1.82, 2.24) is 9.80 Å². The topological polar surface area (TPSA) is 52.7 Å². The number of amides is 2. The van der Waals surface area contributed by atoms with Gasteiger partial charge in [-0.25, -0.2) is 0 Å². The summed E-state index contributed by atoms with van der Waals surface area (Å²) >= 11 is 1.57. The van der Waals surface area contributed by atoms with E-state index in [1.54, 1.807) is 11.8 Å². The van der Waals surface area contributed by atoms with Crippen molar-refractivity contribution >= 4 is 29.3 Å². The number of fused-ring (bicyclic) bond motifs is 2. The van der Waals surface area contributed by atoms with Gasteiger partial charge < -0.3 is 15.1 Å². The Bertz CT molecular complexity index is 963. The summed E-state index contributed by atoms with van der Waals surface area (Å²) in [6, 6.07) is 13.9. The van der Waals surface area contributed by atoms with Gasteiger partial charge >= 0.3 is 0 Å². The standard InChI is InChI=1S/C24H27N3O2S/c28-23-19-6-2-3-7-21(19)30-22-9-8-17(16-20(22)25-23)24(29)27-14-10-18(11-15-27)26-12-4-1-5-13-26/h2-3,6-9,16,18H,1,4-5,10-15H2,(H,25,28). The molecule has 6 heteroatoms. The lowest BCUT2D eigenvalue weighted by atomic mass is 9.99. The molecule has 2 amide bonds. The van der Waals surface area contributed by atoms with Crippen LogP contribution in [0.15, 0.2) is 52.3 Å². The molecule has 0 aromatic heterocycles. The van der Waals surface area contributed by atoms with Crippen molar-refractivity contribution in [2.24, 2.45) is 0 Å². The molecule has 0 spiro atoms. The third-order valence-electron chi connectivity index (χ3n) is 6.49. The van der Waals surface area contributed by atoms with Crippen LogP contribution in [0.1, 0.15) is 52.8 Å². The highest BCUT2D eigenvalue weighted by Gasteiger charge is 2.29. The Kier molecular flexibility index (Phi) is 5.52. The Morgan fingerprint density at radius 2 is 1.70 bits per heavy atom. The van der Waals surface area contributed by atoms with E-state index >= 15 is 0 Å². The summed E-state index contributed by atoms with van der Waals surface area (Å²) in [6.45, 7) is 4.04. The Morgan fingerprint density at radius 1 is 0.933 bits per heavy atom. The van der Waals surface area contributed by atoms with E-state index in [-0.39, 0.29) is 11.8 Å². The molecule has 0 saturated carbocycles. The SMILES string of the molecule is O=C1Nc2cc(C(=O)N3CCC(N4CCCCC4)CC3)ccc2Sc2ccccc21. The van der Waals surface area contributed by atoms with Crippen LogP contribution in [0.2, 0.25) is 0 Å². The molecular formula is C24H27N3O2S. The highest BCUT2D eigenvalue weighted by atomic mass is 32.2. The normalized spacial score (nSPS) is 20.1. The Morgan fingerprint density at radius 3 is 2.50 bits per heavy atom. The predicted molar refractivity (Wildman–Crippen MR) is 119 cm³/mol. The van der Waals surface area contributed by atoms with Crippen molar-refractivity contribution in [1.29, 1.82) is 0 Å². The zero-order chi connectivity index (χ0) is 20.5. The summed E-state index contributed by atoms with van der Waals surface area (Å²) in [4.78, 5) is 32.3. The van der Waals surface area contributed by atoms with Crippen molar-refractivity contribution in [3.05, 3.63) is 53.6 Å². The highest BCUT2D eigenvalue weighted by Crippen LogP contribution is 2.39. The van der Waals surface area contributed by atoms with Crippen LogP contribution in [-0.4, -0.2) is 53.8 Å². The average Bonchev–Trinajstić information content (AvgIpc) is 2.94. The summed E-state index contributed by atoms with van der Waals surface area (Å²) in [6.07, 6.45) is 6.08. The zero-order valence-corrected chi connectivity index (χ0v) is 17.9. The number of rotatable bonds is 2. The monoisotopic (exact) mass is 421 g/mol. The van der Waals surface area contributed by atoms with E-state index in [1.165, 1.54) is 32.4 Å². The number of hydrogen-bond acceptors (Lipinski definition) is 4. The molecule has 5 nitrogen and oxygen atoms in total. The number of carbonyl (C=O) groups is 2. The van der Waals surface area contributed by atoms with Crippen LogP contribution in [0.25, 0.3) is 0 Å². The lowest BCUT2D eigenvalue weighted by molar-refractivity contribution is 0.0589. The molecule has 0 atom stereocenters. The largest absolute Gasteiger partial charge is 0.339 e. The van der Waals surface area contributed by atoms with E-state index in [4.69, 9.17) is 0 Å². The number of likely N-dealkylation sites (tertiary alicyclic amines) is 2. The first-order chi connectivity index (χ1) is 14.7. The summed E-state index contributed by atoms with van der Waals surface area (Å²) in [5.41, 5.74) is 2.04. The van der Waals surface area contributed by atoms with Crippen molar-refractivity contribution in [3.63, 3.8) is 0 Å². The van der Waals surface area contributed by atoms with Gasteiger partial charge in [0.1, 0.15) is 0 Å². The van der Waals surface area contributed by atoms with E-state index in [0.717, 1.165) is 41.4 Å². The summed E-state index contributed by atoms with van der Waals surface area (Å²) in [5.74, 6) is -0.0558. The van der Waals surface area contributed by atoms with E-state index < -0.39 is 0 Å². The number of nitrogens with one attached hydrogen (secondary N) is 1. The fourth-order valence-corrected chi connectivity index (χ4v) is 5.81. The lowest BCUT2D eigenvalue weighted by Gasteiger charge is -2.40. The van der Waals surface area contributed by atoms with Gasteiger partial charge in [0.2, 0.25) is 0 Å². The molecule has 2 aromatic carbocycles. The van der Waals surface area contributed by atoms with E-state index in [1.807, 2.05) is 47.4 Å². The molecule has 3 aliphatic rings. The fourth-order valence-electron chi connectivity index (χ4n) is 4.80. The van der Waals surface area contributed by atoms with Gasteiger partial charge in [0.25, 0.3) is 11.8 Å². The molecule has 0 unspecified atom stereocenters. The van der Waals surface area contributed by atoms with Gasteiger partial charge in [-0.3, -0.25) is 9.59 Å².